The smallest absolute Gasteiger partial charge is 0.321 e. The molecule has 2 aromatic heterocycles. The van der Waals surface area contributed by atoms with E-state index < -0.39 is 17.2 Å². The molecule has 1 atom stereocenters. The third-order valence-corrected chi connectivity index (χ3v) is 4.35. The number of carbonyl (C=O) groups is 2. The number of nitrogens with zero attached hydrogens (tertiary/aromatic N) is 3. The van der Waals surface area contributed by atoms with Crippen LogP contribution in [0.25, 0.3) is 0 Å². The summed E-state index contributed by atoms with van der Waals surface area (Å²) < 4.78 is 7.33. The fraction of sp³-hybridized carbons (Fsp3) is 0.467. The number of hydrogen-bond donors (Lipinski definition) is 2. The minimum atomic E-state index is -0.535. The predicted molar refractivity (Wildman–Crippen MR) is 89.8 cm³/mol. The molecule has 0 fully saturated rings. The van der Waals surface area contributed by atoms with Gasteiger partial charge in [-0.1, -0.05) is 25.6 Å². The number of rotatable bonds is 6. The Morgan fingerprint density at radius 1 is 1.33 bits per heavy atom. The minimum absolute atomic E-state index is 0.178. The topological polar surface area (TPSA) is 102 Å². The van der Waals surface area contributed by atoms with Crippen LogP contribution in [0, 0.1) is 0 Å². The van der Waals surface area contributed by atoms with Crippen LogP contribution in [-0.4, -0.2) is 39.0 Å². The molecule has 2 aromatic rings. The molecule has 3 amide bonds. The highest BCUT2D eigenvalue weighted by molar-refractivity contribution is 8.00. The minimum Gasteiger partial charge on any atom is -0.467 e. The van der Waals surface area contributed by atoms with E-state index in [9.17, 15) is 9.59 Å². The Bertz CT molecular complexity index is 696. The molecule has 8 nitrogen and oxygen atoms in total. The number of urea groups is 1. The number of hydrogen-bond acceptors (Lipinski definition) is 6. The number of aromatic nitrogens is 3. The van der Waals surface area contributed by atoms with E-state index >= 15 is 0 Å². The first-order valence-electron chi connectivity index (χ1n) is 7.57. The largest absolute Gasteiger partial charge is 0.467 e. The summed E-state index contributed by atoms with van der Waals surface area (Å²) in [6.45, 7) is 6.25. The molecular formula is C15H21N5O3S. The number of furan rings is 1. The standard InChI is InChI=1S/C15H21N5O3S/c1-9(2)12-18-19-15(20(12)8-11-6-5-7-23-11)24-10(3)13(21)17-14(22)16-4/h5-7,9-10H,8H2,1-4H3,(H2,16,17,21,22)/t10-/m1/s1. The lowest BCUT2D eigenvalue weighted by molar-refractivity contribution is -0.119. The van der Waals surface area contributed by atoms with Crippen molar-refractivity contribution in [1.82, 2.24) is 25.4 Å². The summed E-state index contributed by atoms with van der Waals surface area (Å²) in [5.41, 5.74) is 0. The summed E-state index contributed by atoms with van der Waals surface area (Å²) in [6, 6.07) is 3.16. The first-order chi connectivity index (χ1) is 11.4. The summed E-state index contributed by atoms with van der Waals surface area (Å²) >= 11 is 1.25. The van der Waals surface area contributed by atoms with Gasteiger partial charge in [0.25, 0.3) is 0 Å². The molecule has 0 saturated carbocycles. The number of imide groups is 1. The molecule has 2 heterocycles. The van der Waals surface area contributed by atoms with Gasteiger partial charge in [-0.2, -0.15) is 0 Å². The van der Waals surface area contributed by atoms with Crippen molar-refractivity contribution in [2.45, 2.75) is 43.6 Å². The second-order valence-electron chi connectivity index (χ2n) is 5.49. The molecule has 2 N–H and O–H groups in total. The average molecular weight is 351 g/mol. The van der Waals surface area contributed by atoms with Gasteiger partial charge >= 0.3 is 6.03 Å². The van der Waals surface area contributed by atoms with Gasteiger partial charge in [0.1, 0.15) is 11.6 Å². The Morgan fingerprint density at radius 3 is 2.67 bits per heavy atom. The van der Waals surface area contributed by atoms with Gasteiger partial charge in [0.15, 0.2) is 5.16 Å². The molecule has 2 rings (SSSR count). The molecule has 0 saturated heterocycles. The van der Waals surface area contributed by atoms with Gasteiger partial charge in [0.2, 0.25) is 5.91 Å². The summed E-state index contributed by atoms with van der Waals surface area (Å²) in [4.78, 5) is 23.3. The Morgan fingerprint density at radius 2 is 2.08 bits per heavy atom. The van der Waals surface area contributed by atoms with E-state index in [4.69, 9.17) is 4.42 Å². The van der Waals surface area contributed by atoms with Gasteiger partial charge in [0, 0.05) is 13.0 Å². The maximum absolute atomic E-state index is 12.0. The molecule has 0 aromatic carbocycles. The zero-order valence-electron chi connectivity index (χ0n) is 14.1. The third kappa shape index (κ3) is 4.38. The summed E-state index contributed by atoms with van der Waals surface area (Å²) in [5, 5.41) is 13.1. The van der Waals surface area contributed by atoms with E-state index in [1.807, 2.05) is 30.5 Å². The lowest BCUT2D eigenvalue weighted by atomic mass is 10.2. The zero-order chi connectivity index (χ0) is 17.7. The summed E-state index contributed by atoms with van der Waals surface area (Å²) in [7, 11) is 1.45. The van der Waals surface area contributed by atoms with Crippen LogP contribution in [-0.2, 0) is 11.3 Å². The quantitative estimate of drug-likeness (QED) is 0.772. The van der Waals surface area contributed by atoms with Crippen molar-refractivity contribution in [1.29, 1.82) is 0 Å². The number of thioether (sulfide) groups is 1. The average Bonchev–Trinajstić information content (AvgIpc) is 3.18. The van der Waals surface area contributed by atoms with Gasteiger partial charge in [-0.15, -0.1) is 10.2 Å². The molecule has 0 unspecified atom stereocenters. The van der Waals surface area contributed by atoms with Crippen LogP contribution in [0.3, 0.4) is 0 Å². The van der Waals surface area contributed by atoms with Crippen molar-refractivity contribution >= 4 is 23.7 Å². The van der Waals surface area contributed by atoms with Crippen molar-refractivity contribution in [3.63, 3.8) is 0 Å². The van der Waals surface area contributed by atoms with Crippen molar-refractivity contribution in [2.75, 3.05) is 7.05 Å². The molecule has 0 radical (unpaired) electrons. The fourth-order valence-electron chi connectivity index (χ4n) is 2.01. The number of amides is 3. The predicted octanol–water partition coefficient (Wildman–Crippen LogP) is 1.98. The Kier molecular flexibility index (Phi) is 6.02. The summed E-state index contributed by atoms with van der Waals surface area (Å²) in [5.74, 6) is 1.38. The van der Waals surface area contributed by atoms with Crippen LogP contribution in [0.2, 0.25) is 0 Å². The SMILES string of the molecule is CNC(=O)NC(=O)[C@@H](C)Sc1nnc(C(C)C)n1Cc1ccco1. The first kappa shape index (κ1) is 18.1. The second kappa shape index (κ2) is 8.00. The van der Waals surface area contributed by atoms with Crippen molar-refractivity contribution in [2.24, 2.45) is 0 Å². The molecule has 24 heavy (non-hydrogen) atoms. The fourth-order valence-corrected chi connectivity index (χ4v) is 2.86. The Hall–Kier alpha value is -2.29. The van der Waals surface area contributed by atoms with Crippen LogP contribution >= 0.6 is 11.8 Å². The van der Waals surface area contributed by atoms with Crippen LogP contribution in [0.4, 0.5) is 4.79 Å². The molecule has 0 aliphatic heterocycles. The van der Waals surface area contributed by atoms with E-state index in [0.29, 0.717) is 11.7 Å². The van der Waals surface area contributed by atoms with Crippen molar-refractivity contribution in [3.05, 3.63) is 30.0 Å². The van der Waals surface area contributed by atoms with Gasteiger partial charge in [-0.3, -0.25) is 14.7 Å². The van der Waals surface area contributed by atoms with Gasteiger partial charge in [-0.25, -0.2) is 4.79 Å². The normalized spacial score (nSPS) is 12.2. The molecule has 0 bridgehead atoms. The van der Waals surface area contributed by atoms with Crippen molar-refractivity contribution in [3.8, 4) is 0 Å². The molecule has 9 heteroatoms. The molecule has 0 spiro atoms. The number of nitrogens with one attached hydrogen (secondary N) is 2. The van der Waals surface area contributed by atoms with E-state index in [2.05, 4.69) is 20.8 Å². The lowest BCUT2D eigenvalue weighted by Crippen LogP contribution is -2.41. The second-order valence-corrected chi connectivity index (χ2v) is 6.80. The van der Waals surface area contributed by atoms with Gasteiger partial charge in [-0.05, 0) is 19.1 Å². The number of carbonyl (C=O) groups excluding carboxylic acids is 2. The maximum Gasteiger partial charge on any atom is 0.321 e. The molecule has 0 aliphatic rings. The summed E-state index contributed by atoms with van der Waals surface area (Å²) in [6.07, 6.45) is 1.61. The molecule has 0 aliphatic carbocycles. The van der Waals surface area contributed by atoms with Gasteiger partial charge in [0.05, 0.1) is 18.1 Å². The highest BCUT2D eigenvalue weighted by Crippen LogP contribution is 2.26. The third-order valence-electron chi connectivity index (χ3n) is 3.27. The van der Waals surface area contributed by atoms with Gasteiger partial charge < -0.3 is 9.73 Å². The monoisotopic (exact) mass is 351 g/mol. The van der Waals surface area contributed by atoms with Crippen molar-refractivity contribution < 1.29 is 14.0 Å². The zero-order valence-corrected chi connectivity index (χ0v) is 14.9. The van der Waals surface area contributed by atoms with Crippen LogP contribution in [0.15, 0.2) is 28.0 Å². The van der Waals surface area contributed by atoms with Crippen LogP contribution < -0.4 is 10.6 Å². The molecule has 130 valence electrons. The van der Waals surface area contributed by atoms with Crippen LogP contribution in [0.1, 0.15) is 38.3 Å². The van der Waals surface area contributed by atoms with Crippen LogP contribution in [0.5, 0.6) is 0 Å². The Balaban J connectivity index is 2.17. The van der Waals surface area contributed by atoms with E-state index in [1.54, 1.807) is 13.2 Å². The highest BCUT2D eigenvalue weighted by Gasteiger charge is 2.22. The van der Waals surface area contributed by atoms with E-state index in [-0.39, 0.29) is 5.92 Å². The Labute approximate surface area is 144 Å². The lowest BCUT2D eigenvalue weighted by Gasteiger charge is -2.13. The van der Waals surface area contributed by atoms with E-state index in [1.165, 1.54) is 18.8 Å². The highest BCUT2D eigenvalue weighted by atomic mass is 32.2. The first-order valence-corrected chi connectivity index (χ1v) is 8.45. The van der Waals surface area contributed by atoms with E-state index in [0.717, 1.165) is 11.6 Å². The molecular weight excluding hydrogens is 330 g/mol. The maximum atomic E-state index is 12.0.